The van der Waals surface area contributed by atoms with Crippen LogP contribution in [0.3, 0.4) is 0 Å². The van der Waals surface area contributed by atoms with E-state index in [0.29, 0.717) is 24.7 Å². The molecule has 0 spiro atoms. The average molecular weight is 386 g/mol. The second-order valence-corrected chi connectivity index (χ2v) is 8.66. The van der Waals surface area contributed by atoms with Crippen LogP contribution in [-0.4, -0.2) is 56.6 Å². The summed E-state index contributed by atoms with van der Waals surface area (Å²) < 4.78 is 22.2. The molecule has 0 N–H and O–H groups in total. The first kappa shape index (κ1) is 18.7. The Kier molecular flexibility index (Phi) is 5.04. The SMILES string of the molecule is CCC(=O)c1c(C)c(CC2CO2)c(CCC2CO2)c(CC2CO2)c1CC1CO1. The number of Topliss-reactive ketones (excluding diaryl/α,β-unsaturated/α-hetero) is 1. The molecule has 1 aromatic carbocycles. The van der Waals surface area contributed by atoms with Crippen LogP contribution >= 0.6 is 0 Å². The third kappa shape index (κ3) is 4.18. The van der Waals surface area contributed by atoms with Crippen molar-refractivity contribution in [3.05, 3.63) is 33.4 Å². The first-order valence-corrected chi connectivity index (χ1v) is 10.8. The molecule has 4 atom stereocenters. The number of rotatable bonds is 11. The van der Waals surface area contributed by atoms with Crippen molar-refractivity contribution in [1.29, 1.82) is 0 Å². The summed E-state index contributed by atoms with van der Waals surface area (Å²) in [4.78, 5) is 13.0. The van der Waals surface area contributed by atoms with Crippen LogP contribution < -0.4 is 0 Å². The van der Waals surface area contributed by atoms with E-state index in [-0.39, 0.29) is 11.9 Å². The summed E-state index contributed by atoms with van der Waals surface area (Å²) in [5.74, 6) is 0.251. The third-order valence-electron chi connectivity index (χ3n) is 6.44. The number of carbonyl (C=O) groups is 1. The number of ketones is 1. The second kappa shape index (κ2) is 7.52. The van der Waals surface area contributed by atoms with Gasteiger partial charge in [0.2, 0.25) is 0 Å². The van der Waals surface area contributed by atoms with Gasteiger partial charge in [0.15, 0.2) is 5.78 Å². The molecule has 4 heterocycles. The maximum Gasteiger partial charge on any atom is 0.163 e. The van der Waals surface area contributed by atoms with Gasteiger partial charge in [-0.1, -0.05) is 6.92 Å². The number of benzene rings is 1. The molecule has 0 aromatic heterocycles. The van der Waals surface area contributed by atoms with E-state index in [0.717, 1.165) is 64.1 Å². The highest BCUT2D eigenvalue weighted by atomic mass is 16.6. The summed E-state index contributed by atoms with van der Waals surface area (Å²) >= 11 is 0. The van der Waals surface area contributed by atoms with Gasteiger partial charge in [-0.3, -0.25) is 4.79 Å². The minimum Gasteiger partial charge on any atom is -0.373 e. The lowest BCUT2D eigenvalue weighted by atomic mass is 9.79. The van der Waals surface area contributed by atoms with E-state index in [1.165, 1.54) is 27.8 Å². The topological polar surface area (TPSA) is 67.2 Å². The Morgan fingerprint density at radius 1 is 0.786 bits per heavy atom. The van der Waals surface area contributed by atoms with E-state index in [2.05, 4.69) is 6.92 Å². The second-order valence-electron chi connectivity index (χ2n) is 8.66. The van der Waals surface area contributed by atoms with Crippen LogP contribution in [0.2, 0.25) is 0 Å². The Morgan fingerprint density at radius 2 is 1.29 bits per heavy atom. The Balaban J connectivity index is 1.63. The minimum atomic E-state index is 0.251. The van der Waals surface area contributed by atoms with Crippen LogP contribution in [0.25, 0.3) is 0 Å². The summed E-state index contributed by atoms with van der Waals surface area (Å²) in [6.45, 7) is 7.46. The molecular formula is C23H30O5. The van der Waals surface area contributed by atoms with Gasteiger partial charge in [-0.05, 0) is 47.6 Å². The zero-order valence-corrected chi connectivity index (χ0v) is 16.9. The van der Waals surface area contributed by atoms with Gasteiger partial charge in [0.25, 0.3) is 0 Å². The summed E-state index contributed by atoms with van der Waals surface area (Å²) in [7, 11) is 0. The van der Waals surface area contributed by atoms with Crippen molar-refractivity contribution >= 4 is 5.78 Å². The van der Waals surface area contributed by atoms with Crippen LogP contribution in [0.5, 0.6) is 0 Å². The van der Waals surface area contributed by atoms with Crippen molar-refractivity contribution in [2.45, 2.75) is 76.8 Å². The van der Waals surface area contributed by atoms with Crippen molar-refractivity contribution in [2.75, 3.05) is 26.4 Å². The Morgan fingerprint density at radius 3 is 1.79 bits per heavy atom. The quantitative estimate of drug-likeness (QED) is 0.432. The normalized spacial score (nSPS) is 29.6. The molecule has 4 saturated heterocycles. The molecule has 0 amide bonds. The van der Waals surface area contributed by atoms with Crippen molar-refractivity contribution in [3.8, 4) is 0 Å². The van der Waals surface area contributed by atoms with Crippen molar-refractivity contribution in [3.63, 3.8) is 0 Å². The smallest absolute Gasteiger partial charge is 0.163 e. The van der Waals surface area contributed by atoms with Crippen LogP contribution in [-0.2, 0) is 44.6 Å². The van der Waals surface area contributed by atoms with E-state index in [1.54, 1.807) is 0 Å². The highest BCUT2D eigenvalue weighted by Crippen LogP contribution is 2.37. The van der Waals surface area contributed by atoms with Crippen LogP contribution in [0.4, 0.5) is 0 Å². The number of carbonyl (C=O) groups excluding carboxylic acids is 1. The van der Waals surface area contributed by atoms with Crippen LogP contribution in [0, 0.1) is 6.92 Å². The maximum absolute atomic E-state index is 13.0. The lowest BCUT2D eigenvalue weighted by molar-refractivity contribution is 0.0986. The Bertz CT molecular complexity index is 770. The molecule has 4 aliphatic heterocycles. The third-order valence-corrected chi connectivity index (χ3v) is 6.44. The Labute approximate surface area is 166 Å². The Hall–Kier alpha value is -1.27. The molecule has 4 fully saturated rings. The summed E-state index contributed by atoms with van der Waals surface area (Å²) in [6.07, 6.45) is 6.53. The van der Waals surface area contributed by atoms with E-state index < -0.39 is 0 Å². The highest BCUT2D eigenvalue weighted by molar-refractivity contribution is 5.99. The molecule has 152 valence electrons. The van der Waals surface area contributed by atoms with Gasteiger partial charge >= 0.3 is 0 Å². The van der Waals surface area contributed by atoms with Crippen LogP contribution in [0.15, 0.2) is 0 Å². The van der Waals surface area contributed by atoms with Gasteiger partial charge in [0, 0.05) is 31.2 Å². The van der Waals surface area contributed by atoms with Gasteiger partial charge in [-0.2, -0.15) is 0 Å². The van der Waals surface area contributed by atoms with Gasteiger partial charge in [0.1, 0.15) is 0 Å². The van der Waals surface area contributed by atoms with Gasteiger partial charge in [-0.15, -0.1) is 0 Å². The maximum atomic E-state index is 13.0. The number of epoxide rings is 4. The minimum absolute atomic E-state index is 0.251. The number of ether oxygens (including phenoxy) is 4. The monoisotopic (exact) mass is 386 g/mol. The molecule has 5 nitrogen and oxygen atoms in total. The fraction of sp³-hybridized carbons (Fsp3) is 0.696. The standard InChI is InChI=1S/C23H30O5/c1-3-22(24)23-13(2)19(6-15-10-26-15)18(5-4-14-9-25-14)20(7-16-11-27-16)21(23)8-17-12-28-17/h14-17H,3-12H2,1-2H3. The molecule has 28 heavy (non-hydrogen) atoms. The van der Waals surface area contributed by atoms with E-state index >= 15 is 0 Å². The molecule has 0 radical (unpaired) electrons. The molecule has 5 heteroatoms. The summed E-state index contributed by atoms with van der Waals surface area (Å²) in [5, 5.41) is 0. The molecule has 4 aliphatic rings. The van der Waals surface area contributed by atoms with E-state index in [9.17, 15) is 4.79 Å². The predicted octanol–water partition coefficient (Wildman–Crippen LogP) is 2.74. The number of hydrogen-bond acceptors (Lipinski definition) is 5. The summed E-state index contributed by atoms with van der Waals surface area (Å²) in [5.41, 5.74) is 7.49. The van der Waals surface area contributed by atoms with Gasteiger partial charge < -0.3 is 18.9 Å². The van der Waals surface area contributed by atoms with E-state index in [1.807, 2.05) is 6.92 Å². The fourth-order valence-corrected chi connectivity index (χ4v) is 4.50. The lowest BCUT2D eigenvalue weighted by Gasteiger charge is -2.25. The molecule has 4 unspecified atom stereocenters. The molecule has 5 rings (SSSR count). The first-order chi connectivity index (χ1) is 13.6. The highest BCUT2D eigenvalue weighted by Gasteiger charge is 2.35. The van der Waals surface area contributed by atoms with Crippen molar-refractivity contribution in [1.82, 2.24) is 0 Å². The molecule has 0 saturated carbocycles. The van der Waals surface area contributed by atoms with Gasteiger partial charge in [0.05, 0.1) is 50.8 Å². The van der Waals surface area contributed by atoms with Crippen molar-refractivity contribution < 1.29 is 23.7 Å². The predicted molar refractivity (Wildman–Crippen MR) is 104 cm³/mol. The zero-order valence-electron chi connectivity index (χ0n) is 16.9. The fourth-order valence-electron chi connectivity index (χ4n) is 4.50. The van der Waals surface area contributed by atoms with Gasteiger partial charge in [-0.25, -0.2) is 0 Å². The molecule has 0 bridgehead atoms. The summed E-state index contributed by atoms with van der Waals surface area (Å²) in [6, 6.07) is 0. The molecular weight excluding hydrogens is 356 g/mol. The zero-order chi connectivity index (χ0) is 19.3. The lowest BCUT2D eigenvalue weighted by Crippen LogP contribution is -2.19. The number of hydrogen-bond donors (Lipinski definition) is 0. The largest absolute Gasteiger partial charge is 0.373 e. The molecule has 1 aromatic rings. The van der Waals surface area contributed by atoms with Crippen LogP contribution in [0.1, 0.15) is 57.9 Å². The average Bonchev–Trinajstić information content (AvgIpc) is 3.54. The van der Waals surface area contributed by atoms with E-state index in [4.69, 9.17) is 18.9 Å². The molecule has 0 aliphatic carbocycles. The van der Waals surface area contributed by atoms with Crippen molar-refractivity contribution in [2.24, 2.45) is 0 Å². The first-order valence-electron chi connectivity index (χ1n) is 10.8.